The number of carbonyl (C=O) groups is 4. The molecule has 3 fully saturated rings. The summed E-state index contributed by atoms with van der Waals surface area (Å²) in [5, 5.41) is 20.8. The Balaban J connectivity index is 1.01. The summed E-state index contributed by atoms with van der Waals surface area (Å²) in [4.78, 5) is 52.6. The highest BCUT2D eigenvalue weighted by Crippen LogP contribution is 2.67. The lowest BCUT2D eigenvalue weighted by molar-refractivity contribution is -0.132. The second-order valence-electron chi connectivity index (χ2n) is 22.0. The highest BCUT2D eigenvalue weighted by molar-refractivity contribution is 5.98. The van der Waals surface area contributed by atoms with Gasteiger partial charge in [-0.3, -0.25) is 19.2 Å². The lowest BCUT2D eigenvalue weighted by Crippen LogP contribution is -2.53. The summed E-state index contributed by atoms with van der Waals surface area (Å²) in [7, 11) is 0. The van der Waals surface area contributed by atoms with Crippen LogP contribution >= 0.6 is 0 Å². The lowest BCUT2D eigenvalue weighted by atomic mass is 9.47. The molecule has 0 bridgehead atoms. The normalized spacial score (nSPS) is 28.0. The zero-order valence-electron chi connectivity index (χ0n) is 40.7. The number of aliphatic hydroxyl groups excluding tert-OH is 1. The number of rotatable bonds is 23. The van der Waals surface area contributed by atoms with Gasteiger partial charge in [0.25, 0.3) is 0 Å². The Bertz CT molecular complexity index is 1690. The van der Waals surface area contributed by atoms with Crippen molar-refractivity contribution in [3.05, 3.63) is 41.5 Å². The van der Waals surface area contributed by atoms with Crippen molar-refractivity contribution in [1.29, 1.82) is 0 Å². The minimum Gasteiger partial charge on any atom is -0.392 e. The number of carbonyl (C=O) groups excluding carboxylic acids is 4. The van der Waals surface area contributed by atoms with Crippen LogP contribution < -0.4 is 21.3 Å². The van der Waals surface area contributed by atoms with E-state index in [-0.39, 0.29) is 55.1 Å². The maximum Gasteiger partial charge on any atom is 0.246 e. The van der Waals surface area contributed by atoms with Gasteiger partial charge in [-0.15, -0.1) is 0 Å². The molecule has 0 aliphatic heterocycles. The summed E-state index contributed by atoms with van der Waals surface area (Å²) >= 11 is 0. The van der Waals surface area contributed by atoms with E-state index in [4.69, 9.17) is 4.74 Å². The third kappa shape index (κ3) is 13.7. The Labute approximate surface area is 381 Å². The number of benzene rings is 1. The van der Waals surface area contributed by atoms with Crippen molar-refractivity contribution in [2.75, 3.05) is 18.5 Å². The van der Waals surface area contributed by atoms with Gasteiger partial charge in [-0.05, 0) is 146 Å². The van der Waals surface area contributed by atoms with Crippen molar-refractivity contribution in [3.8, 4) is 0 Å². The highest BCUT2D eigenvalue weighted by Gasteiger charge is 2.59. The summed E-state index contributed by atoms with van der Waals surface area (Å²) in [6, 6.07) is 5.22. The van der Waals surface area contributed by atoms with Crippen molar-refractivity contribution in [1.82, 2.24) is 16.0 Å². The number of allylic oxidation sites excluding steroid dienone is 1. The number of ether oxygens (including phenoxy) is 1. The Morgan fingerprint density at radius 3 is 2.11 bits per heavy atom. The fourth-order valence-corrected chi connectivity index (χ4v) is 12.5. The molecule has 0 saturated heterocycles. The molecule has 354 valence electrons. The standard InChI is InChI=1S/C53H86N4O6/c1-34(2)12-10-13-37(7)43-20-21-44-42-19-16-39-32-41(24-26-52(39,8)45(42)25-27-53(43,44)9)63-29-11-28-54-48(59)22-23-49(60)56-46(30-35(3)4)51(62)57-47(31-36(5)6)50(61)55-40-17-14-38(33-58)15-18-40/h14-18,34-37,41-47,58H,10-13,19-33H2,1-9H3,(H,54,59)(H,55,61)(H,56,60)(H,57,62)/t37?,41-,42-,43+,44-,45-,46?,47?,52-,53+/m0/s1. The van der Waals surface area contributed by atoms with Crippen LogP contribution in [0.25, 0.3) is 0 Å². The predicted octanol–water partition coefficient (Wildman–Crippen LogP) is 9.89. The Morgan fingerprint density at radius 1 is 0.762 bits per heavy atom. The Hall–Kier alpha value is -3.24. The van der Waals surface area contributed by atoms with Crippen LogP contribution in [0.4, 0.5) is 5.69 Å². The van der Waals surface area contributed by atoms with Crippen LogP contribution in [-0.4, -0.2) is 60.1 Å². The van der Waals surface area contributed by atoms with Crippen molar-refractivity contribution < 1.29 is 29.0 Å². The largest absolute Gasteiger partial charge is 0.392 e. The van der Waals surface area contributed by atoms with Gasteiger partial charge in [-0.2, -0.15) is 0 Å². The van der Waals surface area contributed by atoms with E-state index in [9.17, 15) is 24.3 Å². The van der Waals surface area contributed by atoms with Gasteiger partial charge < -0.3 is 31.1 Å². The molecule has 0 radical (unpaired) electrons. The molecule has 5 rings (SSSR count). The van der Waals surface area contributed by atoms with Crippen LogP contribution in [0, 0.1) is 58.2 Å². The van der Waals surface area contributed by atoms with Gasteiger partial charge in [-0.1, -0.05) is 105 Å². The molecule has 63 heavy (non-hydrogen) atoms. The number of hydrogen-bond acceptors (Lipinski definition) is 6. The zero-order valence-corrected chi connectivity index (χ0v) is 40.7. The fourth-order valence-electron chi connectivity index (χ4n) is 12.5. The third-order valence-electron chi connectivity index (χ3n) is 15.9. The van der Waals surface area contributed by atoms with Crippen LogP contribution in [-0.2, 0) is 30.5 Å². The average Bonchev–Trinajstić information content (AvgIpc) is 3.59. The first kappa shape index (κ1) is 50.8. The van der Waals surface area contributed by atoms with Crippen LogP contribution in [0.15, 0.2) is 35.9 Å². The van der Waals surface area contributed by atoms with Gasteiger partial charge >= 0.3 is 0 Å². The van der Waals surface area contributed by atoms with Crippen LogP contribution in [0.2, 0.25) is 0 Å². The summed E-state index contributed by atoms with van der Waals surface area (Å²) < 4.78 is 6.44. The molecular formula is C53H86N4O6. The van der Waals surface area contributed by atoms with E-state index in [0.717, 1.165) is 53.9 Å². The third-order valence-corrected chi connectivity index (χ3v) is 15.9. The SMILES string of the molecule is CC(C)CCCC(C)[C@H]1CC[C@H]2[C@@H]3CC=C4C[C@@H](OCCCNC(=O)CCC(=O)NC(CC(C)C)C(=O)NC(CC(C)C)C(=O)Nc5ccc(CO)cc5)CC[C@]4(C)[C@H]3CC[C@]12C. The minimum atomic E-state index is -0.843. The summed E-state index contributed by atoms with van der Waals surface area (Å²) in [6.07, 6.45) is 18.7. The fraction of sp³-hybridized carbons (Fsp3) is 0.774. The van der Waals surface area contributed by atoms with E-state index in [2.05, 4.69) is 62.0 Å². The number of nitrogens with one attached hydrogen (secondary N) is 4. The molecule has 0 aromatic heterocycles. The number of fused-ring (bicyclic) bond motifs is 5. The van der Waals surface area contributed by atoms with Gasteiger partial charge in [0, 0.05) is 31.7 Å². The maximum atomic E-state index is 13.5. The number of hydrogen-bond donors (Lipinski definition) is 5. The number of anilines is 1. The van der Waals surface area contributed by atoms with E-state index in [1.807, 2.05) is 27.7 Å². The van der Waals surface area contributed by atoms with E-state index >= 15 is 0 Å². The molecule has 3 saturated carbocycles. The molecule has 4 aliphatic carbocycles. The van der Waals surface area contributed by atoms with Crippen molar-refractivity contribution in [3.63, 3.8) is 0 Å². The Kier molecular flexibility index (Phi) is 18.8. The predicted molar refractivity (Wildman–Crippen MR) is 253 cm³/mol. The second kappa shape index (κ2) is 23.3. The summed E-state index contributed by atoms with van der Waals surface area (Å²) in [5.41, 5.74) is 3.74. The molecule has 1 aromatic carbocycles. The first-order valence-electron chi connectivity index (χ1n) is 25.1. The topological polar surface area (TPSA) is 146 Å². The van der Waals surface area contributed by atoms with Crippen molar-refractivity contribution >= 4 is 29.3 Å². The van der Waals surface area contributed by atoms with E-state index in [1.54, 1.807) is 29.8 Å². The van der Waals surface area contributed by atoms with Gasteiger partial charge in [-0.25, -0.2) is 0 Å². The molecule has 1 aromatic rings. The molecule has 4 amide bonds. The van der Waals surface area contributed by atoms with Gasteiger partial charge in [0.15, 0.2) is 0 Å². The lowest BCUT2D eigenvalue weighted by Gasteiger charge is -2.58. The van der Waals surface area contributed by atoms with Crippen molar-refractivity contribution in [2.24, 2.45) is 58.2 Å². The maximum absolute atomic E-state index is 13.5. The second-order valence-corrected chi connectivity index (χ2v) is 22.0. The van der Waals surface area contributed by atoms with Crippen LogP contribution in [0.3, 0.4) is 0 Å². The van der Waals surface area contributed by atoms with Crippen LogP contribution in [0.1, 0.15) is 171 Å². The average molecular weight is 875 g/mol. The molecular weight excluding hydrogens is 789 g/mol. The van der Waals surface area contributed by atoms with E-state index < -0.39 is 18.0 Å². The molecule has 4 aliphatic rings. The number of aliphatic hydroxyl groups is 1. The molecule has 0 heterocycles. The number of amides is 4. The first-order valence-corrected chi connectivity index (χ1v) is 25.1. The van der Waals surface area contributed by atoms with E-state index in [0.29, 0.717) is 48.9 Å². The Morgan fingerprint density at radius 2 is 1.44 bits per heavy atom. The molecule has 3 unspecified atom stereocenters. The van der Waals surface area contributed by atoms with Crippen molar-refractivity contribution in [2.45, 2.75) is 190 Å². The highest BCUT2D eigenvalue weighted by atomic mass is 16.5. The van der Waals surface area contributed by atoms with E-state index in [1.165, 1.54) is 57.8 Å². The van der Waals surface area contributed by atoms with Gasteiger partial charge in [0.1, 0.15) is 12.1 Å². The molecule has 0 spiro atoms. The summed E-state index contributed by atoms with van der Waals surface area (Å²) in [5.74, 6) is 3.88. The van der Waals surface area contributed by atoms with Gasteiger partial charge in [0.05, 0.1) is 12.7 Å². The molecule has 10 nitrogen and oxygen atoms in total. The molecule has 10 atom stereocenters. The zero-order chi connectivity index (χ0) is 45.9. The monoisotopic (exact) mass is 875 g/mol. The summed E-state index contributed by atoms with van der Waals surface area (Å²) in [6.45, 7) is 21.4. The van der Waals surface area contributed by atoms with Gasteiger partial charge in [0.2, 0.25) is 23.6 Å². The van der Waals surface area contributed by atoms with Crippen LogP contribution in [0.5, 0.6) is 0 Å². The first-order chi connectivity index (χ1) is 29.9. The minimum absolute atomic E-state index is 0.0195. The molecule has 10 heteroatoms. The molecule has 5 N–H and O–H groups in total. The smallest absolute Gasteiger partial charge is 0.246 e. The quantitative estimate of drug-likeness (QED) is 0.0547.